The van der Waals surface area contributed by atoms with Crippen molar-refractivity contribution in [3.8, 4) is 0 Å². The van der Waals surface area contributed by atoms with Gasteiger partial charge >= 0.3 is 0 Å². The molecule has 4 rings (SSSR count). The molecule has 30 heavy (non-hydrogen) atoms. The van der Waals surface area contributed by atoms with E-state index in [9.17, 15) is 9.18 Å². The van der Waals surface area contributed by atoms with Crippen LogP contribution < -0.4 is 4.90 Å². The number of nitrogens with zero attached hydrogens (tertiary/aromatic N) is 6. The van der Waals surface area contributed by atoms with Crippen LogP contribution in [-0.4, -0.2) is 57.0 Å². The highest BCUT2D eigenvalue weighted by atomic mass is 32.1. The van der Waals surface area contributed by atoms with E-state index in [0.717, 1.165) is 28.8 Å². The first-order valence-electron chi connectivity index (χ1n) is 9.96. The first-order chi connectivity index (χ1) is 14.6. The largest absolute Gasteiger partial charge is 0.302 e. The summed E-state index contributed by atoms with van der Waals surface area (Å²) >= 11 is 1.32. The van der Waals surface area contributed by atoms with Crippen molar-refractivity contribution in [1.29, 1.82) is 0 Å². The van der Waals surface area contributed by atoms with Gasteiger partial charge in [0, 0.05) is 13.1 Å². The number of hydrogen-bond acceptors (Lipinski definition) is 6. The van der Waals surface area contributed by atoms with Crippen LogP contribution in [0.25, 0.3) is 21.3 Å². The van der Waals surface area contributed by atoms with Crippen molar-refractivity contribution in [2.75, 3.05) is 31.1 Å². The number of benzene rings is 2. The minimum absolute atomic E-state index is 0.0389. The zero-order valence-electron chi connectivity index (χ0n) is 17.0. The van der Waals surface area contributed by atoms with E-state index < -0.39 is 0 Å². The SMILES string of the molecule is CCN(CC)CCN(C(=O)Cn1nnc2ccccc21)c1nc2c(F)cccc2s1. The molecule has 7 nitrogen and oxygen atoms in total. The summed E-state index contributed by atoms with van der Waals surface area (Å²) in [5, 5.41) is 8.75. The molecular formula is C21H23FN6OS. The number of fused-ring (bicyclic) bond motifs is 2. The van der Waals surface area contributed by atoms with E-state index in [1.807, 2.05) is 30.3 Å². The van der Waals surface area contributed by atoms with Crippen LogP contribution >= 0.6 is 11.3 Å². The van der Waals surface area contributed by atoms with Gasteiger partial charge in [-0.25, -0.2) is 14.1 Å². The Labute approximate surface area is 177 Å². The zero-order valence-corrected chi connectivity index (χ0v) is 17.8. The summed E-state index contributed by atoms with van der Waals surface area (Å²) in [6.07, 6.45) is 0. The third-order valence-electron chi connectivity index (χ3n) is 5.13. The summed E-state index contributed by atoms with van der Waals surface area (Å²) in [7, 11) is 0. The molecule has 1 amide bonds. The van der Waals surface area contributed by atoms with Gasteiger partial charge in [-0.15, -0.1) is 5.10 Å². The number of halogens is 1. The van der Waals surface area contributed by atoms with E-state index >= 15 is 0 Å². The lowest BCUT2D eigenvalue weighted by Gasteiger charge is -2.24. The quantitative estimate of drug-likeness (QED) is 0.431. The summed E-state index contributed by atoms with van der Waals surface area (Å²) in [6, 6.07) is 12.4. The number of carbonyl (C=O) groups excluding carboxylic acids is 1. The molecule has 0 radical (unpaired) electrons. The van der Waals surface area contributed by atoms with E-state index in [1.165, 1.54) is 17.4 Å². The number of hydrogen-bond donors (Lipinski definition) is 0. The number of anilines is 1. The Morgan fingerprint density at radius 2 is 1.90 bits per heavy atom. The number of rotatable bonds is 8. The van der Waals surface area contributed by atoms with Crippen LogP contribution in [0.1, 0.15) is 13.8 Å². The second-order valence-electron chi connectivity index (χ2n) is 6.89. The van der Waals surface area contributed by atoms with E-state index in [4.69, 9.17) is 0 Å². The number of likely N-dealkylation sites (N-methyl/N-ethyl adjacent to an activating group) is 1. The summed E-state index contributed by atoms with van der Waals surface area (Å²) in [4.78, 5) is 21.6. The fraction of sp³-hybridized carbons (Fsp3) is 0.333. The average Bonchev–Trinajstić information content (AvgIpc) is 3.37. The minimum atomic E-state index is -0.381. The van der Waals surface area contributed by atoms with Gasteiger partial charge in [-0.1, -0.05) is 48.6 Å². The van der Waals surface area contributed by atoms with E-state index in [0.29, 0.717) is 23.7 Å². The van der Waals surface area contributed by atoms with Gasteiger partial charge in [0.15, 0.2) is 5.13 Å². The summed E-state index contributed by atoms with van der Waals surface area (Å²) in [5.74, 6) is -0.536. The van der Waals surface area contributed by atoms with E-state index in [2.05, 4.69) is 34.0 Å². The van der Waals surface area contributed by atoms with Crippen molar-refractivity contribution < 1.29 is 9.18 Å². The maximum Gasteiger partial charge on any atom is 0.250 e. The fourth-order valence-electron chi connectivity index (χ4n) is 3.37. The Bertz CT molecular complexity index is 1170. The molecule has 0 aliphatic carbocycles. The van der Waals surface area contributed by atoms with Crippen molar-refractivity contribution in [2.24, 2.45) is 0 Å². The van der Waals surface area contributed by atoms with Crippen LogP contribution in [0.15, 0.2) is 42.5 Å². The normalized spacial score (nSPS) is 11.6. The Hall–Kier alpha value is -2.91. The van der Waals surface area contributed by atoms with Crippen LogP contribution in [0.2, 0.25) is 0 Å². The van der Waals surface area contributed by atoms with Gasteiger partial charge in [-0.05, 0) is 37.4 Å². The molecule has 0 bridgehead atoms. The van der Waals surface area contributed by atoms with Crippen molar-refractivity contribution in [2.45, 2.75) is 20.4 Å². The molecule has 9 heteroatoms. The Kier molecular flexibility index (Phi) is 6.01. The Morgan fingerprint density at radius 3 is 2.67 bits per heavy atom. The molecule has 0 unspecified atom stereocenters. The molecule has 0 saturated carbocycles. The fourth-order valence-corrected chi connectivity index (χ4v) is 4.40. The average molecular weight is 427 g/mol. The lowest BCUT2D eigenvalue weighted by molar-refractivity contribution is -0.119. The van der Waals surface area contributed by atoms with Crippen LogP contribution in [0, 0.1) is 5.82 Å². The van der Waals surface area contributed by atoms with Crippen LogP contribution in [0.4, 0.5) is 9.52 Å². The van der Waals surface area contributed by atoms with Crippen molar-refractivity contribution in [1.82, 2.24) is 24.9 Å². The predicted octanol–water partition coefficient (Wildman–Crippen LogP) is 3.56. The lowest BCUT2D eigenvalue weighted by Crippen LogP contribution is -2.40. The minimum Gasteiger partial charge on any atom is -0.302 e. The van der Waals surface area contributed by atoms with Crippen molar-refractivity contribution in [3.05, 3.63) is 48.3 Å². The number of aromatic nitrogens is 4. The number of thiazole rings is 1. The highest BCUT2D eigenvalue weighted by Gasteiger charge is 2.22. The van der Waals surface area contributed by atoms with Crippen LogP contribution in [0.3, 0.4) is 0 Å². The zero-order chi connectivity index (χ0) is 21.1. The summed E-state index contributed by atoms with van der Waals surface area (Å²) in [5.41, 5.74) is 1.83. The smallest absolute Gasteiger partial charge is 0.250 e. The van der Waals surface area contributed by atoms with Crippen molar-refractivity contribution in [3.63, 3.8) is 0 Å². The maximum absolute atomic E-state index is 14.2. The number of para-hydroxylation sites is 2. The molecule has 2 aromatic heterocycles. The van der Waals surface area contributed by atoms with Crippen molar-refractivity contribution >= 4 is 43.6 Å². The Morgan fingerprint density at radius 1 is 1.10 bits per heavy atom. The first-order valence-corrected chi connectivity index (χ1v) is 10.8. The molecule has 4 aromatic rings. The van der Waals surface area contributed by atoms with Crippen LogP contribution in [0.5, 0.6) is 0 Å². The highest BCUT2D eigenvalue weighted by Crippen LogP contribution is 2.30. The van der Waals surface area contributed by atoms with Gasteiger partial charge in [-0.2, -0.15) is 0 Å². The number of amides is 1. The van der Waals surface area contributed by atoms with Gasteiger partial charge in [-0.3, -0.25) is 9.69 Å². The summed E-state index contributed by atoms with van der Waals surface area (Å²) < 4.78 is 16.5. The molecule has 0 N–H and O–H groups in total. The van der Waals surface area contributed by atoms with Gasteiger partial charge in [0.1, 0.15) is 23.4 Å². The van der Waals surface area contributed by atoms with Gasteiger partial charge in [0.05, 0.1) is 10.2 Å². The molecule has 0 aliphatic heterocycles. The first kappa shape index (κ1) is 20.4. The molecule has 2 aromatic carbocycles. The monoisotopic (exact) mass is 426 g/mol. The molecule has 0 spiro atoms. The molecule has 0 fully saturated rings. The van der Waals surface area contributed by atoms with Crippen LogP contribution in [-0.2, 0) is 11.3 Å². The lowest BCUT2D eigenvalue weighted by atomic mass is 10.3. The third-order valence-corrected chi connectivity index (χ3v) is 6.17. The summed E-state index contributed by atoms with van der Waals surface area (Å²) in [6.45, 7) is 7.16. The van der Waals surface area contributed by atoms with E-state index in [1.54, 1.807) is 15.6 Å². The molecule has 2 heterocycles. The highest BCUT2D eigenvalue weighted by molar-refractivity contribution is 7.22. The van der Waals surface area contributed by atoms with Gasteiger partial charge in [0.25, 0.3) is 5.91 Å². The second-order valence-corrected chi connectivity index (χ2v) is 7.90. The van der Waals surface area contributed by atoms with Gasteiger partial charge < -0.3 is 4.90 Å². The third kappa shape index (κ3) is 4.03. The predicted molar refractivity (Wildman–Crippen MR) is 117 cm³/mol. The van der Waals surface area contributed by atoms with E-state index in [-0.39, 0.29) is 18.3 Å². The second kappa shape index (κ2) is 8.85. The number of carbonyl (C=O) groups is 1. The van der Waals surface area contributed by atoms with Gasteiger partial charge in [0.2, 0.25) is 0 Å². The topological polar surface area (TPSA) is 67.2 Å². The standard InChI is InChI=1S/C21H23FN6OS/c1-3-26(4-2)12-13-27(21-23-20-15(22)8-7-11-18(20)30-21)19(29)14-28-17-10-6-5-9-16(17)24-25-28/h5-11H,3-4,12-14H2,1-2H3. The Balaban J connectivity index is 1.64. The molecular weight excluding hydrogens is 403 g/mol. The molecule has 0 saturated heterocycles. The molecule has 0 aliphatic rings. The molecule has 156 valence electrons. The maximum atomic E-state index is 14.2. The molecule has 0 atom stereocenters.